The summed E-state index contributed by atoms with van der Waals surface area (Å²) in [4.78, 5) is 5.04. The summed E-state index contributed by atoms with van der Waals surface area (Å²) < 4.78 is 11.8. The van der Waals surface area contributed by atoms with Crippen LogP contribution in [0.3, 0.4) is 0 Å². The van der Waals surface area contributed by atoms with Gasteiger partial charge in [0.1, 0.15) is 0 Å². The molecular formula is C17H35NOSn. The van der Waals surface area contributed by atoms with Crippen LogP contribution < -0.4 is 0 Å². The van der Waals surface area contributed by atoms with E-state index in [2.05, 4.69) is 34.6 Å². The van der Waals surface area contributed by atoms with Crippen LogP contribution in [0.5, 0.6) is 0 Å². The molecule has 0 bridgehead atoms. The van der Waals surface area contributed by atoms with E-state index >= 15 is 0 Å². The summed E-state index contributed by atoms with van der Waals surface area (Å²) >= 11 is -2.36. The standard InChI is InChI=1S/C5H8NO.3C4H9.Sn/c1-5(2)3-7-4-6-5;3*1-3-4-2;/h3H2,1-2H3;3*1,3-4H2,2H3;. The van der Waals surface area contributed by atoms with Crippen molar-refractivity contribution in [1.29, 1.82) is 0 Å². The van der Waals surface area contributed by atoms with Crippen LogP contribution in [0.25, 0.3) is 0 Å². The Kier molecular flexibility index (Phi) is 7.92. The second-order valence-corrected chi connectivity index (χ2v) is 19.9. The van der Waals surface area contributed by atoms with E-state index in [1.54, 1.807) is 0 Å². The molecule has 0 saturated heterocycles. The molecule has 0 aromatic heterocycles. The van der Waals surface area contributed by atoms with Crippen molar-refractivity contribution in [3.8, 4) is 0 Å². The van der Waals surface area contributed by atoms with Crippen molar-refractivity contribution in [3.05, 3.63) is 0 Å². The average Bonchev–Trinajstić information content (AvgIpc) is 2.79. The van der Waals surface area contributed by atoms with Gasteiger partial charge in [-0.25, -0.2) is 0 Å². The van der Waals surface area contributed by atoms with Gasteiger partial charge in [-0.15, -0.1) is 0 Å². The van der Waals surface area contributed by atoms with Crippen LogP contribution >= 0.6 is 0 Å². The Morgan fingerprint density at radius 1 is 0.950 bits per heavy atom. The summed E-state index contributed by atoms with van der Waals surface area (Å²) in [6.45, 7) is 12.2. The minimum atomic E-state index is -2.36. The first kappa shape index (κ1) is 18.3. The number of rotatable bonds is 10. The number of hydrogen-bond donors (Lipinski definition) is 0. The molecular weight excluding hydrogens is 353 g/mol. The Balaban J connectivity index is 2.94. The van der Waals surface area contributed by atoms with Crippen molar-refractivity contribution in [2.75, 3.05) is 6.61 Å². The zero-order chi connectivity index (χ0) is 15.1. The van der Waals surface area contributed by atoms with Gasteiger partial charge >= 0.3 is 131 Å². The van der Waals surface area contributed by atoms with Gasteiger partial charge in [0.05, 0.1) is 0 Å². The molecule has 2 nitrogen and oxygen atoms in total. The van der Waals surface area contributed by atoms with Crippen molar-refractivity contribution < 1.29 is 4.74 Å². The summed E-state index contributed by atoms with van der Waals surface area (Å²) in [5.41, 5.74) is 0.0299. The van der Waals surface area contributed by atoms with E-state index in [4.69, 9.17) is 9.73 Å². The zero-order valence-electron chi connectivity index (χ0n) is 14.4. The number of unbranched alkanes of at least 4 members (excludes halogenated alkanes) is 3. The Bertz CT molecular complexity index is 290. The summed E-state index contributed by atoms with van der Waals surface area (Å²) in [7, 11) is 0. The van der Waals surface area contributed by atoms with Gasteiger partial charge in [0.15, 0.2) is 0 Å². The van der Waals surface area contributed by atoms with Gasteiger partial charge < -0.3 is 0 Å². The van der Waals surface area contributed by atoms with Gasteiger partial charge in [0.2, 0.25) is 0 Å². The maximum absolute atomic E-state index is 6.17. The molecule has 20 heavy (non-hydrogen) atoms. The first-order valence-corrected chi connectivity index (χ1v) is 16.2. The number of aliphatic imine (C=N–C) groups is 1. The van der Waals surface area contributed by atoms with Gasteiger partial charge in [0, 0.05) is 0 Å². The molecule has 0 spiro atoms. The monoisotopic (exact) mass is 389 g/mol. The van der Waals surface area contributed by atoms with E-state index in [0.717, 1.165) is 6.61 Å². The predicted octanol–water partition coefficient (Wildman–Crippen LogP) is 5.58. The topological polar surface area (TPSA) is 21.6 Å². The van der Waals surface area contributed by atoms with Crippen LogP contribution in [-0.2, 0) is 4.74 Å². The maximum atomic E-state index is 6.17. The van der Waals surface area contributed by atoms with E-state index in [-0.39, 0.29) is 5.54 Å². The fraction of sp³-hybridized carbons (Fsp3) is 0.941. The number of hydrogen-bond acceptors (Lipinski definition) is 2. The first-order valence-electron chi connectivity index (χ1n) is 8.73. The van der Waals surface area contributed by atoms with Crippen LogP contribution in [0, 0.1) is 0 Å². The third-order valence-electron chi connectivity index (χ3n) is 4.45. The molecule has 0 saturated carbocycles. The summed E-state index contributed by atoms with van der Waals surface area (Å²) in [5, 5.41) is 0. The van der Waals surface area contributed by atoms with Gasteiger partial charge in [-0.3, -0.25) is 0 Å². The minimum absolute atomic E-state index is 0.0299. The molecule has 0 amide bonds. The zero-order valence-corrected chi connectivity index (χ0v) is 17.3. The Morgan fingerprint density at radius 3 is 1.70 bits per heavy atom. The third-order valence-corrected chi connectivity index (χ3v) is 19.0. The molecule has 0 unspecified atom stereocenters. The van der Waals surface area contributed by atoms with Crippen LogP contribution in [0.1, 0.15) is 73.1 Å². The van der Waals surface area contributed by atoms with Gasteiger partial charge in [-0.05, 0) is 0 Å². The number of nitrogens with zero attached hydrogens (tertiary/aromatic N) is 1. The molecule has 0 aliphatic carbocycles. The fourth-order valence-corrected chi connectivity index (χ4v) is 18.5. The van der Waals surface area contributed by atoms with Crippen molar-refractivity contribution in [2.45, 2.75) is 92.0 Å². The van der Waals surface area contributed by atoms with Crippen LogP contribution in [0.2, 0.25) is 13.3 Å². The molecule has 0 atom stereocenters. The second-order valence-electron chi connectivity index (χ2n) is 7.11. The normalized spacial score (nSPS) is 17.9. The molecule has 0 aromatic carbocycles. The fourth-order valence-electron chi connectivity index (χ4n) is 3.10. The summed E-state index contributed by atoms with van der Waals surface area (Å²) in [5.74, 6) is 0. The number of ether oxygens (including phenoxy) is 1. The van der Waals surface area contributed by atoms with Gasteiger partial charge in [-0.1, -0.05) is 0 Å². The van der Waals surface area contributed by atoms with Gasteiger partial charge in [0.25, 0.3) is 0 Å². The van der Waals surface area contributed by atoms with E-state index in [1.807, 2.05) is 0 Å². The Hall–Kier alpha value is 0.269. The van der Waals surface area contributed by atoms with Crippen molar-refractivity contribution in [1.82, 2.24) is 0 Å². The molecule has 0 radical (unpaired) electrons. The van der Waals surface area contributed by atoms with E-state index in [0.29, 0.717) is 0 Å². The second kappa shape index (κ2) is 8.65. The van der Waals surface area contributed by atoms with Crippen LogP contribution in [0.4, 0.5) is 0 Å². The SMILES string of the molecule is CCC[CH2][Sn]([CH2]CCC)([CH2]CCC)[C]1=NC(C)(C)CO1. The molecule has 3 heteroatoms. The molecule has 0 N–H and O–H groups in total. The Labute approximate surface area is 130 Å². The van der Waals surface area contributed by atoms with E-state index < -0.39 is 18.4 Å². The van der Waals surface area contributed by atoms with Gasteiger partial charge in [-0.2, -0.15) is 0 Å². The molecule has 118 valence electrons. The van der Waals surface area contributed by atoms with E-state index in [9.17, 15) is 0 Å². The van der Waals surface area contributed by atoms with Crippen LogP contribution in [0.15, 0.2) is 4.99 Å². The average molecular weight is 388 g/mol. The molecule has 1 aliphatic rings. The molecule has 0 aromatic rings. The van der Waals surface area contributed by atoms with Crippen molar-refractivity contribution in [3.63, 3.8) is 0 Å². The van der Waals surface area contributed by atoms with Crippen molar-refractivity contribution in [2.24, 2.45) is 4.99 Å². The summed E-state index contributed by atoms with van der Waals surface area (Å²) in [6, 6.07) is 0. The Morgan fingerprint density at radius 2 is 1.40 bits per heavy atom. The quantitative estimate of drug-likeness (QED) is 0.448. The van der Waals surface area contributed by atoms with Crippen molar-refractivity contribution >= 4 is 22.3 Å². The molecule has 0 fully saturated rings. The predicted molar refractivity (Wildman–Crippen MR) is 92.4 cm³/mol. The first-order chi connectivity index (χ1) is 9.49. The molecule has 1 aliphatic heterocycles. The van der Waals surface area contributed by atoms with E-state index in [1.165, 1.54) is 55.7 Å². The third kappa shape index (κ3) is 5.23. The van der Waals surface area contributed by atoms with Crippen LogP contribution in [-0.4, -0.2) is 34.4 Å². The molecule has 1 heterocycles. The molecule has 1 rings (SSSR count). The summed E-state index contributed by atoms with van der Waals surface area (Å²) in [6.07, 6.45) is 8.08.